The van der Waals surface area contributed by atoms with Gasteiger partial charge in [0, 0.05) is 11.8 Å². The first kappa shape index (κ1) is 15.3. The summed E-state index contributed by atoms with van der Waals surface area (Å²) in [4.78, 5) is 0. The molecule has 2 rings (SSSR count). The van der Waals surface area contributed by atoms with Crippen LogP contribution in [0.15, 0.2) is 78.5 Å². The Morgan fingerprint density at radius 1 is 1.05 bits per heavy atom. The highest BCUT2D eigenvalue weighted by Gasteiger charge is 2.32. The topological polar surface area (TPSA) is 20.2 Å². The van der Waals surface area contributed by atoms with Crippen molar-refractivity contribution in [2.75, 3.05) is 0 Å². The number of aliphatic hydroxyl groups excluding tert-OH is 1. The average molecular weight is 278 g/mol. The zero-order valence-corrected chi connectivity index (χ0v) is 12.7. The summed E-state index contributed by atoms with van der Waals surface area (Å²) >= 11 is 0. The van der Waals surface area contributed by atoms with Crippen molar-refractivity contribution in [1.29, 1.82) is 0 Å². The first-order chi connectivity index (χ1) is 10.1. The van der Waals surface area contributed by atoms with Gasteiger partial charge in [0.2, 0.25) is 0 Å². The maximum absolute atomic E-state index is 10.7. The Morgan fingerprint density at radius 3 is 2.10 bits per heavy atom. The molecule has 0 aliphatic heterocycles. The fourth-order valence-electron chi connectivity index (χ4n) is 2.54. The molecular weight excluding hydrogens is 256 g/mol. The van der Waals surface area contributed by atoms with E-state index in [1.165, 1.54) is 5.56 Å². The second kappa shape index (κ2) is 6.58. The van der Waals surface area contributed by atoms with Gasteiger partial charge >= 0.3 is 0 Å². The fourth-order valence-corrected chi connectivity index (χ4v) is 2.54. The summed E-state index contributed by atoms with van der Waals surface area (Å²) in [5, 5.41) is 10.7. The Bertz CT molecular complexity index is 619. The summed E-state index contributed by atoms with van der Waals surface area (Å²) in [5.74, 6) is 0. The average Bonchev–Trinajstić information content (AvgIpc) is 2.53. The third-order valence-electron chi connectivity index (χ3n) is 4.01. The van der Waals surface area contributed by atoms with E-state index in [4.69, 9.17) is 0 Å². The van der Waals surface area contributed by atoms with Gasteiger partial charge in [0.05, 0.1) is 6.10 Å². The summed E-state index contributed by atoms with van der Waals surface area (Å²) in [7, 11) is 0. The van der Waals surface area contributed by atoms with Crippen LogP contribution in [0, 0.1) is 5.41 Å². The van der Waals surface area contributed by atoms with Crippen molar-refractivity contribution >= 4 is 0 Å². The maximum Gasteiger partial charge on any atom is 0.0884 e. The van der Waals surface area contributed by atoms with Crippen LogP contribution in [0.1, 0.15) is 31.1 Å². The molecule has 0 bridgehead atoms. The standard InChI is InChI=1S/C20H22O/c1-4-18(15-16-11-7-5-8-12-16)20(2,3)19(21)17-13-9-6-10-14-17/h5-14,19,21H,1,15H2,2-3H3. The lowest BCUT2D eigenvalue weighted by Crippen LogP contribution is -2.25. The van der Waals surface area contributed by atoms with Crippen molar-refractivity contribution in [1.82, 2.24) is 0 Å². The number of benzene rings is 2. The molecular formula is C20H22O. The first-order valence-electron chi connectivity index (χ1n) is 7.22. The monoisotopic (exact) mass is 278 g/mol. The highest BCUT2D eigenvalue weighted by atomic mass is 16.3. The Hall–Kier alpha value is -2.08. The molecule has 21 heavy (non-hydrogen) atoms. The minimum Gasteiger partial charge on any atom is -0.387 e. The molecule has 1 heteroatoms. The second-order valence-corrected chi connectivity index (χ2v) is 5.85. The molecule has 2 aromatic carbocycles. The highest BCUT2D eigenvalue weighted by molar-refractivity contribution is 5.29. The molecule has 1 unspecified atom stereocenters. The first-order valence-corrected chi connectivity index (χ1v) is 7.22. The Morgan fingerprint density at radius 2 is 1.57 bits per heavy atom. The molecule has 0 fully saturated rings. The minimum absolute atomic E-state index is 0.418. The van der Waals surface area contributed by atoms with E-state index in [0.29, 0.717) is 0 Å². The molecule has 108 valence electrons. The summed E-state index contributed by atoms with van der Waals surface area (Å²) < 4.78 is 0. The predicted molar refractivity (Wildman–Crippen MR) is 88.0 cm³/mol. The van der Waals surface area contributed by atoms with Crippen molar-refractivity contribution in [3.8, 4) is 0 Å². The lowest BCUT2D eigenvalue weighted by atomic mass is 9.74. The molecule has 0 spiro atoms. The molecule has 0 aromatic heterocycles. The van der Waals surface area contributed by atoms with Gasteiger partial charge in [-0.3, -0.25) is 0 Å². The van der Waals surface area contributed by atoms with E-state index in [1.807, 2.05) is 62.4 Å². The zero-order chi connectivity index (χ0) is 15.3. The van der Waals surface area contributed by atoms with Crippen LogP contribution in [0.25, 0.3) is 0 Å². The molecule has 2 aromatic rings. The minimum atomic E-state index is -0.577. The zero-order valence-electron chi connectivity index (χ0n) is 12.7. The van der Waals surface area contributed by atoms with Crippen LogP contribution in [0.4, 0.5) is 0 Å². The predicted octanol–water partition coefficient (Wildman–Crippen LogP) is 4.70. The van der Waals surface area contributed by atoms with Crippen LogP contribution in [0.5, 0.6) is 0 Å². The Kier molecular flexibility index (Phi) is 4.80. The van der Waals surface area contributed by atoms with Gasteiger partial charge in [0.15, 0.2) is 0 Å². The number of hydrogen-bond acceptors (Lipinski definition) is 1. The largest absolute Gasteiger partial charge is 0.387 e. The van der Waals surface area contributed by atoms with Gasteiger partial charge in [-0.15, -0.1) is 5.73 Å². The molecule has 1 N–H and O–H groups in total. The van der Waals surface area contributed by atoms with Crippen molar-refractivity contribution < 1.29 is 5.11 Å². The normalized spacial score (nSPS) is 12.5. The molecule has 0 saturated heterocycles. The van der Waals surface area contributed by atoms with E-state index in [-0.39, 0.29) is 0 Å². The van der Waals surface area contributed by atoms with Crippen molar-refractivity contribution in [2.45, 2.75) is 26.4 Å². The maximum atomic E-state index is 10.7. The molecule has 1 atom stereocenters. The van der Waals surface area contributed by atoms with Crippen LogP contribution >= 0.6 is 0 Å². The van der Waals surface area contributed by atoms with Crippen LogP contribution < -0.4 is 0 Å². The fraction of sp³-hybridized carbons (Fsp3) is 0.250. The lowest BCUT2D eigenvalue weighted by molar-refractivity contribution is 0.0730. The molecule has 0 aliphatic rings. The molecule has 0 saturated carbocycles. The van der Waals surface area contributed by atoms with Crippen molar-refractivity contribution in [3.63, 3.8) is 0 Å². The summed E-state index contributed by atoms with van der Waals surface area (Å²) in [6, 6.07) is 20.0. The van der Waals surface area contributed by atoms with Crippen molar-refractivity contribution in [3.05, 3.63) is 89.7 Å². The smallest absolute Gasteiger partial charge is 0.0884 e. The van der Waals surface area contributed by atoms with Crippen LogP contribution in [0.3, 0.4) is 0 Å². The van der Waals surface area contributed by atoms with Gasteiger partial charge in [-0.2, -0.15) is 0 Å². The van der Waals surface area contributed by atoms with Crippen LogP contribution in [0.2, 0.25) is 0 Å². The van der Waals surface area contributed by atoms with E-state index in [1.54, 1.807) is 0 Å². The molecule has 1 nitrogen and oxygen atoms in total. The van der Waals surface area contributed by atoms with E-state index >= 15 is 0 Å². The van der Waals surface area contributed by atoms with E-state index in [9.17, 15) is 5.11 Å². The van der Waals surface area contributed by atoms with Gasteiger partial charge < -0.3 is 5.11 Å². The third-order valence-corrected chi connectivity index (χ3v) is 4.01. The second-order valence-electron chi connectivity index (χ2n) is 5.85. The lowest BCUT2D eigenvalue weighted by Gasteiger charge is -2.32. The van der Waals surface area contributed by atoms with Gasteiger partial charge in [-0.25, -0.2) is 0 Å². The molecule has 0 heterocycles. The quantitative estimate of drug-likeness (QED) is 0.786. The number of hydrogen-bond donors (Lipinski definition) is 1. The summed E-state index contributed by atoms with van der Waals surface area (Å²) in [6.07, 6.45) is 0.174. The van der Waals surface area contributed by atoms with Crippen LogP contribution in [-0.4, -0.2) is 5.11 Å². The number of aliphatic hydroxyl groups is 1. The highest BCUT2D eigenvalue weighted by Crippen LogP contribution is 2.40. The van der Waals surface area contributed by atoms with E-state index in [0.717, 1.165) is 17.6 Å². The van der Waals surface area contributed by atoms with Gasteiger partial charge in [0.1, 0.15) is 0 Å². The summed E-state index contributed by atoms with van der Waals surface area (Å²) in [6.45, 7) is 7.91. The van der Waals surface area contributed by atoms with Gasteiger partial charge in [-0.1, -0.05) is 81.1 Å². The van der Waals surface area contributed by atoms with E-state index in [2.05, 4.69) is 24.4 Å². The molecule has 0 aliphatic carbocycles. The SMILES string of the molecule is C=C=C(Cc1ccccc1)C(C)(C)C(O)c1ccccc1. The Balaban J connectivity index is 2.26. The molecule has 0 amide bonds. The van der Waals surface area contributed by atoms with Crippen LogP contribution in [-0.2, 0) is 6.42 Å². The van der Waals surface area contributed by atoms with Gasteiger partial charge in [0.25, 0.3) is 0 Å². The van der Waals surface area contributed by atoms with E-state index < -0.39 is 11.5 Å². The number of rotatable bonds is 5. The van der Waals surface area contributed by atoms with Gasteiger partial charge in [-0.05, 0) is 16.7 Å². The summed E-state index contributed by atoms with van der Waals surface area (Å²) in [5.41, 5.74) is 5.77. The Labute approximate surface area is 127 Å². The van der Waals surface area contributed by atoms with Crippen molar-refractivity contribution in [2.24, 2.45) is 5.41 Å². The molecule has 0 radical (unpaired) electrons. The third kappa shape index (κ3) is 3.52.